The van der Waals surface area contributed by atoms with Gasteiger partial charge in [-0.1, -0.05) is 18.2 Å². The molecule has 1 aliphatic rings. The van der Waals surface area contributed by atoms with Gasteiger partial charge in [-0.05, 0) is 24.3 Å². The van der Waals surface area contributed by atoms with Gasteiger partial charge in [0.05, 0.1) is 18.8 Å². The van der Waals surface area contributed by atoms with Crippen molar-refractivity contribution in [3.63, 3.8) is 0 Å². The van der Waals surface area contributed by atoms with E-state index in [1.54, 1.807) is 24.3 Å². The van der Waals surface area contributed by atoms with Gasteiger partial charge in [-0.25, -0.2) is 0 Å². The van der Waals surface area contributed by atoms with E-state index < -0.39 is 0 Å². The molecule has 1 aliphatic heterocycles. The van der Waals surface area contributed by atoms with Gasteiger partial charge in [-0.2, -0.15) is 0 Å². The molecule has 0 aliphatic carbocycles. The number of carbonyl (C=O) groups excluding carboxylic acids is 1. The Morgan fingerprint density at radius 3 is 2.81 bits per heavy atom. The summed E-state index contributed by atoms with van der Waals surface area (Å²) in [5.41, 5.74) is 0.926. The first-order valence-electron chi connectivity index (χ1n) is 8.61. The number of amides is 1. The minimum Gasteiger partial charge on any atom is -0.490 e. The second-order valence-electron chi connectivity index (χ2n) is 5.92. The van der Waals surface area contributed by atoms with Gasteiger partial charge in [0.2, 0.25) is 5.91 Å². The molecule has 1 saturated heterocycles. The number of ether oxygens (including phenoxy) is 1. The minimum atomic E-state index is 0. The van der Waals surface area contributed by atoms with Crippen LogP contribution in [-0.4, -0.2) is 49.6 Å². The molecule has 1 aromatic heterocycles. The normalized spacial score (nSPS) is 16.6. The van der Waals surface area contributed by atoms with Gasteiger partial charge >= 0.3 is 0 Å². The fraction of sp³-hybridized carbons (Fsp3) is 0.316. The zero-order valence-corrected chi connectivity index (χ0v) is 17.5. The van der Waals surface area contributed by atoms with Crippen LogP contribution in [0.25, 0.3) is 0 Å². The van der Waals surface area contributed by atoms with Crippen LogP contribution in [0.2, 0.25) is 0 Å². The molecular formula is C19H24IN5O2. The molecule has 2 N–H and O–H groups in total. The average Bonchev–Trinajstić information content (AvgIpc) is 3.06. The molecule has 27 heavy (non-hydrogen) atoms. The quantitative estimate of drug-likeness (QED) is 0.286. The van der Waals surface area contributed by atoms with Crippen LogP contribution in [-0.2, 0) is 4.79 Å². The summed E-state index contributed by atoms with van der Waals surface area (Å²) in [6.45, 7) is 1.71. The lowest BCUT2D eigenvalue weighted by Crippen LogP contribution is -2.45. The number of guanidine groups is 1. The topological polar surface area (TPSA) is 78.9 Å². The summed E-state index contributed by atoms with van der Waals surface area (Å²) in [6, 6.07) is 13.4. The predicted molar refractivity (Wildman–Crippen MR) is 117 cm³/mol. The number of halogens is 1. The summed E-state index contributed by atoms with van der Waals surface area (Å²) < 4.78 is 5.59. The van der Waals surface area contributed by atoms with E-state index in [9.17, 15) is 4.79 Å². The second-order valence-corrected chi connectivity index (χ2v) is 5.92. The number of benzene rings is 1. The number of carbonyl (C=O) groups is 1. The molecule has 1 fully saturated rings. The van der Waals surface area contributed by atoms with Crippen molar-refractivity contribution in [1.29, 1.82) is 0 Å². The van der Waals surface area contributed by atoms with E-state index >= 15 is 0 Å². The van der Waals surface area contributed by atoms with E-state index in [1.807, 2.05) is 42.5 Å². The summed E-state index contributed by atoms with van der Waals surface area (Å²) >= 11 is 0. The van der Waals surface area contributed by atoms with Crippen molar-refractivity contribution in [2.24, 2.45) is 4.99 Å². The summed E-state index contributed by atoms with van der Waals surface area (Å²) in [5.74, 6) is 1.51. The molecule has 1 atom stereocenters. The predicted octanol–water partition coefficient (Wildman–Crippen LogP) is 2.05. The Morgan fingerprint density at radius 2 is 2.11 bits per heavy atom. The maximum absolute atomic E-state index is 12.3. The highest BCUT2D eigenvalue weighted by atomic mass is 127. The first kappa shape index (κ1) is 20.9. The molecule has 2 heterocycles. The van der Waals surface area contributed by atoms with Crippen molar-refractivity contribution < 1.29 is 9.53 Å². The van der Waals surface area contributed by atoms with Gasteiger partial charge in [0.1, 0.15) is 12.4 Å². The average molecular weight is 481 g/mol. The number of aromatic nitrogens is 1. The number of aliphatic imine (C=N–C) groups is 1. The van der Waals surface area contributed by atoms with Crippen molar-refractivity contribution in [1.82, 2.24) is 15.6 Å². The van der Waals surface area contributed by atoms with Crippen LogP contribution in [0.3, 0.4) is 0 Å². The molecule has 0 radical (unpaired) electrons. The van der Waals surface area contributed by atoms with Gasteiger partial charge in [0, 0.05) is 31.9 Å². The summed E-state index contributed by atoms with van der Waals surface area (Å²) in [6.07, 6.45) is 3.83. The van der Waals surface area contributed by atoms with Crippen LogP contribution in [0.5, 0.6) is 5.75 Å². The van der Waals surface area contributed by atoms with Crippen LogP contribution in [0, 0.1) is 0 Å². The smallest absolute Gasteiger partial charge is 0.229 e. The van der Waals surface area contributed by atoms with E-state index in [-0.39, 0.29) is 35.9 Å². The van der Waals surface area contributed by atoms with Crippen molar-refractivity contribution >= 4 is 41.5 Å². The second kappa shape index (κ2) is 10.7. The highest BCUT2D eigenvalue weighted by Crippen LogP contribution is 2.20. The van der Waals surface area contributed by atoms with E-state index in [0.29, 0.717) is 32.1 Å². The first-order chi connectivity index (χ1) is 12.8. The van der Waals surface area contributed by atoms with Crippen LogP contribution >= 0.6 is 24.0 Å². The molecule has 3 rings (SSSR count). The summed E-state index contributed by atoms with van der Waals surface area (Å²) in [5, 5.41) is 6.50. The van der Waals surface area contributed by atoms with E-state index in [0.717, 1.165) is 11.4 Å². The van der Waals surface area contributed by atoms with Gasteiger partial charge in [0.15, 0.2) is 5.96 Å². The maximum atomic E-state index is 12.3. The molecule has 1 unspecified atom stereocenters. The van der Waals surface area contributed by atoms with Crippen molar-refractivity contribution in [3.05, 3.63) is 54.9 Å². The molecule has 1 aromatic carbocycles. The molecule has 0 spiro atoms. The monoisotopic (exact) mass is 481 g/mol. The Hall–Kier alpha value is -2.36. The zero-order chi connectivity index (χ0) is 18.2. The van der Waals surface area contributed by atoms with Crippen molar-refractivity contribution in [2.75, 3.05) is 31.6 Å². The Labute approximate surface area is 176 Å². The van der Waals surface area contributed by atoms with Crippen LogP contribution in [0.1, 0.15) is 6.42 Å². The molecule has 144 valence electrons. The first-order valence-corrected chi connectivity index (χ1v) is 8.61. The summed E-state index contributed by atoms with van der Waals surface area (Å²) in [7, 11) is 1.71. The molecule has 0 saturated carbocycles. The number of hydrogen-bond acceptors (Lipinski definition) is 4. The van der Waals surface area contributed by atoms with Crippen molar-refractivity contribution in [2.45, 2.75) is 12.5 Å². The van der Waals surface area contributed by atoms with Crippen LogP contribution in [0.15, 0.2) is 59.9 Å². The van der Waals surface area contributed by atoms with E-state index in [1.165, 1.54) is 0 Å². The number of nitrogens with zero attached hydrogens (tertiary/aromatic N) is 3. The minimum absolute atomic E-state index is 0. The largest absolute Gasteiger partial charge is 0.490 e. The van der Waals surface area contributed by atoms with Crippen LogP contribution < -0.4 is 20.3 Å². The Kier molecular flexibility index (Phi) is 8.31. The third-order valence-corrected chi connectivity index (χ3v) is 4.05. The Balaban J connectivity index is 0.00000261. The molecule has 1 amide bonds. The molecule has 0 bridgehead atoms. The lowest BCUT2D eigenvalue weighted by molar-refractivity contribution is -0.117. The molecule has 7 nitrogen and oxygen atoms in total. The number of pyridine rings is 1. The fourth-order valence-corrected chi connectivity index (χ4v) is 2.82. The molecular weight excluding hydrogens is 457 g/mol. The van der Waals surface area contributed by atoms with Gasteiger partial charge in [-0.15, -0.1) is 24.0 Å². The maximum Gasteiger partial charge on any atom is 0.229 e. The van der Waals surface area contributed by atoms with Gasteiger partial charge < -0.3 is 20.3 Å². The van der Waals surface area contributed by atoms with Gasteiger partial charge in [0.25, 0.3) is 0 Å². The van der Waals surface area contributed by atoms with E-state index in [4.69, 9.17) is 4.74 Å². The van der Waals surface area contributed by atoms with Crippen molar-refractivity contribution in [3.8, 4) is 5.75 Å². The number of anilines is 1. The SMILES string of the molecule is CN=C(NCCOc1cccnc1)NC1CC(=O)N(c2ccccc2)C1.I. The number of hydrogen-bond donors (Lipinski definition) is 2. The highest BCUT2D eigenvalue weighted by Gasteiger charge is 2.30. The van der Waals surface area contributed by atoms with Crippen LogP contribution in [0.4, 0.5) is 5.69 Å². The Morgan fingerprint density at radius 1 is 1.30 bits per heavy atom. The van der Waals surface area contributed by atoms with E-state index in [2.05, 4.69) is 20.6 Å². The standard InChI is InChI=1S/C19H23N5O2.HI/c1-20-19(22-10-11-26-17-8-5-9-21-13-17)23-15-12-18(25)24(14-15)16-6-3-2-4-7-16;/h2-9,13,15H,10-12,14H2,1H3,(H2,20,22,23);1H. The number of nitrogens with one attached hydrogen (secondary N) is 2. The number of para-hydroxylation sites is 1. The number of rotatable bonds is 6. The lowest BCUT2D eigenvalue weighted by Gasteiger charge is -2.19. The molecule has 2 aromatic rings. The zero-order valence-electron chi connectivity index (χ0n) is 15.2. The summed E-state index contributed by atoms with van der Waals surface area (Å²) in [4.78, 5) is 22.3. The molecule has 8 heteroatoms. The lowest BCUT2D eigenvalue weighted by atomic mass is 10.2. The Bertz CT molecular complexity index is 742. The highest BCUT2D eigenvalue weighted by molar-refractivity contribution is 14.0. The third kappa shape index (κ3) is 6.09. The van der Waals surface area contributed by atoms with Gasteiger partial charge in [-0.3, -0.25) is 14.8 Å². The fourth-order valence-electron chi connectivity index (χ4n) is 2.82. The third-order valence-electron chi connectivity index (χ3n) is 4.05.